The Morgan fingerprint density at radius 1 is 1.28 bits per heavy atom. The zero-order chi connectivity index (χ0) is 19.7. The normalized spacial score (nSPS) is 13.7. The van der Waals surface area contributed by atoms with Crippen LogP contribution in [0.5, 0.6) is 5.88 Å². The molecule has 150 valence electrons. The van der Waals surface area contributed by atoms with E-state index in [-0.39, 0.29) is 24.9 Å². The maximum absolute atomic E-state index is 11.9. The van der Waals surface area contributed by atoms with Gasteiger partial charge in [-0.05, 0) is 24.3 Å². The molecule has 0 saturated carbocycles. The van der Waals surface area contributed by atoms with Crippen molar-refractivity contribution in [2.45, 2.75) is 0 Å². The number of nitrogens with one attached hydrogen (secondary N) is 1. The average molecular weight is 415 g/mol. The maximum Gasteiger partial charge on any atom is 0.337 e. The standard InChI is InChI=1S/C20H18N4O4.ClH/c1-27-20(26)11-6-7-15-13(10-11)16(19(25)23-15)18-17(24-28-9-8-21)12-4-2-3-5-14(12)22-18;/h2-7,10,23,25H,8-9,21H2,1H3;1H/b24-17+;. The Morgan fingerprint density at radius 3 is 2.83 bits per heavy atom. The van der Waals surface area contributed by atoms with E-state index in [0.29, 0.717) is 45.7 Å². The van der Waals surface area contributed by atoms with Crippen molar-refractivity contribution in [2.24, 2.45) is 15.9 Å². The number of hydrogen-bond acceptors (Lipinski definition) is 7. The molecule has 0 atom stereocenters. The van der Waals surface area contributed by atoms with E-state index >= 15 is 0 Å². The van der Waals surface area contributed by atoms with E-state index in [1.165, 1.54) is 7.11 Å². The number of nitrogens with two attached hydrogens (primary N) is 1. The molecule has 1 aromatic heterocycles. The Kier molecular flexibility index (Phi) is 5.86. The molecule has 0 unspecified atom stereocenters. The van der Waals surface area contributed by atoms with Crippen molar-refractivity contribution in [3.63, 3.8) is 0 Å². The highest BCUT2D eigenvalue weighted by Gasteiger charge is 2.29. The molecule has 1 aliphatic rings. The number of para-hydroxylation sites is 1. The van der Waals surface area contributed by atoms with Crippen LogP contribution in [-0.2, 0) is 9.57 Å². The van der Waals surface area contributed by atoms with Gasteiger partial charge in [-0.25, -0.2) is 9.79 Å². The van der Waals surface area contributed by atoms with E-state index in [1.54, 1.807) is 18.2 Å². The van der Waals surface area contributed by atoms with Gasteiger partial charge in [0.05, 0.1) is 23.9 Å². The Balaban J connectivity index is 0.00000240. The minimum Gasteiger partial charge on any atom is -0.494 e. The summed E-state index contributed by atoms with van der Waals surface area (Å²) in [6.45, 7) is 0.580. The number of rotatable bonds is 5. The van der Waals surface area contributed by atoms with Crippen molar-refractivity contribution < 1.29 is 19.5 Å². The highest BCUT2D eigenvalue weighted by Crippen LogP contribution is 2.36. The van der Waals surface area contributed by atoms with Gasteiger partial charge in [0.1, 0.15) is 18.0 Å². The number of carbonyl (C=O) groups excluding carboxylic acids is 1. The molecule has 8 nitrogen and oxygen atoms in total. The van der Waals surface area contributed by atoms with Crippen LogP contribution in [0.15, 0.2) is 52.6 Å². The summed E-state index contributed by atoms with van der Waals surface area (Å²) >= 11 is 0. The fourth-order valence-electron chi connectivity index (χ4n) is 3.16. The summed E-state index contributed by atoms with van der Waals surface area (Å²) in [6, 6.07) is 12.5. The number of aromatic hydroxyl groups is 1. The van der Waals surface area contributed by atoms with E-state index < -0.39 is 5.97 Å². The van der Waals surface area contributed by atoms with Gasteiger partial charge in [-0.2, -0.15) is 0 Å². The number of H-pyrrole nitrogens is 1. The third-order valence-corrected chi connectivity index (χ3v) is 4.42. The number of methoxy groups -OCH3 is 1. The van der Waals surface area contributed by atoms with Gasteiger partial charge in [-0.1, -0.05) is 23.4 Å². The number of oxime groups is 1. The number of aromatic nitrogens is 1. The van der Waals surface area contributed by atoms with Gasteiger partial charge in [-0.3, -0.25) is 0 Å². The largest absolute Gasteiger partial charge is 0.494 e. The first-order valence-corrected chi connectivity index (χ1v) is 8.66. The van der Waals surface area contributed by atoms with Gasteiger partial charge in [0.2, 0.25) is 0 Å². The average Bonchev–Trinajstić information content (AvgIpc) is 3.23. The molecule has 0 amide bonds. The second-order valence-corrected chi connectivity index (χ2v) is 6.14. The molecule has 2 aromatic carbocycles. The number of ether oxygens (including phenoxy) is 1. The highest BCUT2D eigenvalue weighted by atomic mass is 35.5. The molecule has 0 fully saturated rings. The van der Waals surface area contributed by atoms with Crippen LogP contribution in [0.2, 0.25) is 0 Å². The molecule has 0 saturated heterocycles. The van der Waals surface area contributed by atoms with Gasteiger partial charge in [-0.15, -0.1) is 12.4 Å². The van der Waals surface area contributed by atoms with Crippen LogP contribution in [-0.4, -0.2) is 47.7 Å². The third kappa shape index (κ3) is 3.55. The summed E-state index contributed by atoms with van der Waals surface area (Å²) < 4.78 is 4.80. The predicted molar refractivity (Wildman–Crippen MR) is 113 cm³/mol. The van der Waals surface area contributed by atoms with E-state index in [9.17, 15) is 9.90 Å². The lowest BCUT2D eigenvalue weighted by Crippen LogP contribution is -2.15. The van der Waals surface area contributed by atoms with Crippen LogP contribution in [0.4, 0.5) is 5.69 Å². The molecule has 29 heavy (non-hydrogen) atoms. The number of benzene rings is 2. The van der Waals surface area contributed by atoms with Crippen molar-refractivity contribution in [2.75, 3.05) is 20.3 Å². The van der Waals surface area contributed by atoms with E-state index in [2.05, 4.69) is 15.1 Å². The van der Waals surface area contributed by atoms with Crippen LogP contribution in [0.25, 0.3) is 10.9 Å². The van der Waals surface area contributed by atoms with Crippen molar-refractivity contribution in [1.29, 1.82) is 0 Å². The minimum atomic E-state index is -0.467. The van der Waals surface area contributed by atoms with E-state index in [4.69, 9.17) is 15.3 Å². The fourth-order valence-corrected chi connectivity index (χ4v) is 3.16. The minimum absolute atomic E-state index is 0. The van der Waals surface area contributed by atoms with Gasteiger partial charge < -0.3 is 25.4 Å². The van der Waals surface area contributed by atoms with Crippen LogP contribution < -0.4 is 5.73 Å². The van der Waals surface area contributed by atoms with E-state index in [1.807, 2.05) is 24.3 Å². The monoisotopic (exact) mass is 414 g/mol. The summed E-state index contributed by atoms with van der Waals surface area (Å²) in [5.41, 5.74) is 9.37. The number of aliphatic imine (C=N–C) groups is 1. The lowest BCUT2D eigenvalue weighted by atomic mass is 10.00. The lowest BCUT2D eigenvalue weighted by molar-refractivity contribution is 0.0601. The predicted octanol–water partition coefficient (Wildman–Crippen LogP) is 2.90. The number of halogens is 1. The Hall–Kier alpha value is -3.36. The second-order valence-electron chi connectivity index (χ2n) is 6.14. The molecule has 0 radical (unpaired) electrons. The van der Waals surface area contributed by atoms with Gasteiger partial charge in [0.25, 0.3) is 0 Å². The molecule has 2 heterocycles. The molecule has 3 aromatic rings. The highest BCUT2D eigenvalue weighted by molar-refractivity contribution is 6.58. The van der Waals surface area contributed by atoms with Crippen LogP contribution >= 0.6 is 12.4 Å². The molecule has 0 aliphatic carbocycles. The molecule has 9 heteroatoms. The number of aromatic amines is 1. The first-order valence-electron chi connectivity index (χ1n) is 8.66. The summed E-state index contributed by atoms with van der Waals surface area (Å²) in [6.07, 6.45) is 0. The summed E-state index contributed by atoms with van der Waals surface area (Å²) in [7, 11) is 1.32. The van der Waals surface area contributed by atoms with Gasteiger partial charge >= 0.3 is 5.97 Å². The Bertz CT molecular complexity index is 1140. The van der Waals surface area contributed by atoms with Crippen LogP contribution in [0.3, 0.4) is 0 Å². The first kappa shape index (κ1) is 20.4. The van der Waals surface area contributed by atoms with Gasteiger partial charge in [0.15, 0.2) is 5.88 Å². The van der Waals surface area contributed by atoms with Crippen molar-refractivity contribution in [3.05, 3.63) is 59.2 Å². The topological polar surface area (TPSA) is 122 Å². The summed E-state index contributed by atoms with van der Waals surface area (Å²) in [5, 5.41) is 15.4. The second kappa shape index (κ2) is 8.34. The zero-order valence-electron chi connectivity index (χ0n) is 15.5. The fraction of sp³-hybridized carbons (Fsp3) is 0.150. The van der Waals surface area contributed by atoms with E-state index in [0.717, 1.165) is 5.56 Å². The van der Waals surface area contributed by atoms with Crippen LogP contribution in [0, 0.1) is 0 Å². The molecular formula is C20H19ClN4O4. The molecule has 0 bridgehead atoms. The number of esters is 1. The molecule has 1 aliphatic heterocycles. The third-order valence-electron chi connectivity index (χ3n) is 4.42. The molecule has 0 spiro atoms. The smallest absolute Gasteiger partial charge is 0.337 e. The first-order chi connectivity index (χ1) is 13.6. The summed E-state index contributed by atoms with van der Waals surface area (Å²) in [5.74, 6) is -0.541. The number of hydrogen-bond donors (Lipinski definition) is 3. The number of carbonyl (C=O) groups is 1. The number of nitrogens with zero attached hydrogens (tertiary/aromatic N) is 2. The van der Waals surface area contributed by atoms with Crippen molar-refractivity contribution >= 4 is 46.4 Å². The molecule has 4 rings (SSSR count). The zero-order valence-corrected chi connectivity index (χ0v) is 16.3. The quantitative estimate of drug-likeness (QED) is 0.336. The number of fused-ring (bicyclic) bond motifs is 2. The molecular weight excluding hydrogens is 396 g/mol. The maximum atomic E-state index is 11.9. The molecule has 4 N–H and O–H groups in total. The Labute approximate surface area is 172 Å². The van der Waals surface area contributed by atoms with Crippen molar-refractivity contribution in [1.82, 2.24) is 4.98 Å². The SMILES string of the molecule is COC(=O)c1ccc2[nH]c(O)c(C3=Nc4ccccc4/C3=N\OCCN)c2c1.Cl. The van der Waals surface area contributed by atoms with Crippen molar-refractivity contribution in [3.8, 4) is 5.88 Å². The summed E-state index contributed by atoms with van der Waals surface area (Å²) in [4.78, 5) is 24.8. The van der Waals surface area contributed by atoms with Crippen LogP contribution in [0.1, 0.15) is 21.5 Å². The van der Waals surface area contributed by atoms with Gasteiger partial charge in [0, 0.05) is 23.0 Å². The Morgan fingerprint density at radius 2 is 2.07 bits per heavy atom. The lowest BCUT2D eigenvalue weighted by Gasteiger charge is -2.05.